The van der Waals surface area contributed by atoms with Gasteiger partial charge in [-0.15, -0.1) is 0 Å². The Balaban J connectivity index is 1.43. The van der Waals surface area contributed by atoms with Crippen LogP contribution in [0, 0.1) is 53.3 Å². The van der Waals surface area contributed by atoms with Crippen molar-refractivity contribution < 1.29 is 0 Å². The summed E-state index contributed by atoms with van der Waals surface area (Å²) in [5, 5.41) is 0. The van der Waals surface area contributed by atoms with Crippen molar-refractivity contribution in [2.45, 2.75) is 105 Å². The van der Waals surface area contributed by atoms with Crippen molar-refractivity contribution in [1.29, 1.82) is 0 Å². The molecule has 0 aliphatic heterocycles. The third kappa shape index (κ3) is 4.65. The summed E-state index contributed by atoms with van der Waals surface area (Å²) in [6.45, 7) is 12.4. The van der Waals surface area contributed by atoms with E-state index in [0.717, 1.165) is 53.3 Å². The summed E-state index contributed by atoms with van der Waals surface area (Å²) in [6, 6.07) is 0. The Morgan fingerprint density at radius 3 is 2.32 bits per heavy atom. The predicted molar refractivity (Wildman–Crippen MR) is 111 cm³/mol. The molecule has 0 spiro atoms. The largest absolute Gasteiger partial charge is 0.0651 e. The van der Waals surface area contributed by atoms with Gasteiger partial charge >= 0.3 is 0 Å². The molecule has 0 aromatic rings. The lowest BCUT2D eigenvalue weighted by Crippen LogP contribution is -2.35. The van der Waals surface area contributed by atoms with Crippen LogP contribution in [0.3, 0.4) is 0 Å². The molecule has 146 valence electrons. The lowest BCUT2D eigenvalue weighted by Gasteiger charge is -2.43. The molecule has 3 fully saturated rings. The van der Waals surface area contributed by atoms with Crippen molar-refractivity contribution >= 4 is 0 Å². The van der Waals surface area contributed by atoms with Crippen LogP contribution in [0.25, 0.3) is 0 Å². The molecular weight excluding hydrogens is 300 g/mol. The van der Waals surface area contributed by atoms with E-state index >= 15 is 0 Å². The fourth-order valence-electron chi connectivity index (χ4n) is 7.31. The summed E-state index contributed by atoms with van der Waals surface area (Å²) in [5.74, 6) is 9.25. The van der Waals surface area contributed by atoms with Gasteiger partial charge in [0.15, 0.2) is 0 Å². The fourth-order valence-corrected chi connectivity index (χ4v) is 7.31. The first-order valence-electron chi connectivity index (χ1n) is 12.0. The molecule has 0 amide bonds. The Labute approximate surface area is 158 Å². The van der Waals surface area contributed by atoms with Crippen LogP contribution in [0.15, 0.2) is 0 Å². The number of rotatable bonds is 7. The molecule has 25 heavy (non-hydrogen) atoms. The van der Waals surface area contributed by atoms with Gasteiger partial charge in [0.25, 0.3) is 0 Å². The highest BCUT2D eigenvalue weighted by atomic mass is 14.5. The van der Waals surface area contributed by atoms with Crippen molar-refractivity contribution in [2.24, 2.45) is 53.3 Å². The molecule has 0 saturated heterocycles. The van der Waals surface area contributed by atoms with Gasteiger partial charge < -0.3 is 0 Å². The Bertz CT molecular complexity index is 397. The number of hydrogen-bond acceptors (Lipinski definition) is 0. The average Bonchev–Trinajstić information content (AvgIpc) is 3.21. The first-order valence-corrected chi connectivity index (χ1v) is 12.0. The Morgan fingerprint density at radius 2 is 1.60 bits per heavy atom. The SMILES string of the molecule is CCC(C)C1CCC(CCCC2CC3CCC(C)C3C(C(C)C)C2)C1. The van der Waals surface area contributed by atoms with Gasteiger partial charge in [-0.3, -0.25) is 0 Å². The van der Waals surface area contributed by atoms with E-state index in [1.54, 1.807) is 38.5 Å². The second kappa shape index (κ2) is 8.79. The Hall–Kier alpha value is 0. The minimum absolute atomic E-state index is 0.905. The van der Waals surface area contributed by atoms with Crippen LogP contribution in [-0.2, 0) is 0 Å². The summed E-state index contributed by atoms with van der Waals surface area (Å²) >= 11 is 0. The summed E-state index contributed by atoms with van der Waals surface area (Å²) < 4.78 is 0. The van der Waals surface area contributed by atoms with E-state index < -0.39 is 0 Å². The van der Waals surface area contributed by atoms with Crippen molar-refractivity contribution in [1.82, 2.24) is 0 Å². The maximum Gasteiger partial charge on any atom is -0.0329 e. The molecule has 0 nitrogen and oxygen atoms in total. The van der Waals surface area contributed by atoms with Crippen LogP contribution < -0.4 is 0 Å². The lowest BCUT2D eigenvalue weighted by atomic mass is 9.63. The molecule has 0 aromatic heterocycles. The number of hydrogen-bond donors (Lipinski definition) is 0. The van der Waals surface area contributed by atoms with Crippen LogP contribution in [0.1, 0.15) is 105 Å². The van der Waals surface area contributed by atoms with Crippen molar-refractivity contribution in [2.75, 3.05) is 0 Å². The van der Waals surface area contributed by atoms with Crippen molar-refractivity contribution in [3.63, 3.8) is 0 Å². The third-order valence-electron chi connectivity index (χ3n) is 9.04. The van der Waals surface area contributed by atoms with Gasteiger partial charge in [-0.2, -0.15) is 0 Å². The molecule has 0 aromatic carbocycles. The zero-order valence-electron chi connectivity index (χ0n) is 18.0. The minimum Gasteiger partial charge on any atom is -0.0651 e. The summed E-state index contributed by atoms with van der Waals surface area (Å²) in [7, 11) is 0. The maximum atomic E-state index is 2.55. The summed E-state index contributed by atoms with van der Waals surface area (Å²) in [5.41, 5.74) is 0. The zero-order valence-corrected chi connectivity index (χ0v) is 18.0. The predicted octanol–water partition coefficient (Wildman–Crippen LogP) is 7.96. The maximum absolute atomic E-state index is 2.55. The quantitative estimate of drug-likeness (QED) is 0.438. The topological polar surface area (TPSA) is 0 Å². The monoisotopic (exact) mass is 346 g/mol. The van der Waals surface area contributed by atoms with Crippen LogP contribution in [0.4, 0.5) is 0 Å². The molecule has 3 saturated carbocycles. The molecule has 0 bridgehead atoms. The van der Waals surface area contributed by atoms with E-state index in [-0.39, 0.29) is 0 Å². The van der Waals surface area contributed by atoms with Gasteiger partial charge in [0.1, 0.15) is 0 Å². The van der Waals surface area contributed by atoms with E-state index in [2.05, 4.69) is 34.6 Å². The van der Waals surface area contributed by atoms with E-state index in [9.17, 15) is 0 Å². The average molecular weight is 347 g/mol. The second-order valence-corrected chi connectivity index (χ2v) is 10.9. The van der Waals surface area contributed by atoms with Crippen molar-refractivity contribution in [3.8, 4) is 0 Å². The standard InChI is InChI=1S/C25H46/c1-6-18(4)22-13-11-20(14-22)8-7-9-21-15-23-12-10-19(5)25(23)24(16-21)17(2)3/h17-25H,6-16H2,1-5H3. The van der Waals surface area contributed by atoms with E-state index in [4.69, 9.17) is 0 Å². The highest BCUT2D eigenvalue weighted by Crippen LogP contribution is 2.53. The third-order valence-corrected chi connectivity index (χ3v) is 9.04. The van der Waals surface area contributed by atoms with Crippen LogP contribution >= 0.6 is 0 Å². The zero-order chi connectivity index (χ0) is 18.0. The molecule has 8 unspecified atom stereocenters. The van der Waals surface area contributed by atoms with Gasteiger partial charge in [0.2, 0.25) is 0 Å². The highest BCUT2D eigenvalue weighted by Gasteiger charge is 2.44. The molecular formula is C25H46. The minimum atomic E-state index is 0.905. The van der Waals surface area contributed by atoms with E-state index in [1.807, 2.05) is 0 Å². The number of fused-ring (bicyclic) bond motifs is 1. The normalized spacial score (nSPS) is 42.7. The lowest BCUT2D eigenvalue weighted by molar-refractivity contribution is 0.0671. The van der Waals surface area contributed by atoms with Crippen LogP contribution in [-0.4, -0.2) is 0 Å². The molecule has 3 rings (SSSR count). The molecule has 0 N–H and O–H groups in total. The van der Waals surface area contributed by atoms with Gasteiger partial charge in [-0.05, 0) is 85.4 Å². The molecule has 8 atom stereocenters. The van der Waals surface area contributed by atoms with Gasteiger partial charge in [0.05, 0.1) is 0 Å². The van der Waals surface area contributed by atoms with E-state index in [1.165, 1.54) is 32.1 Å². The Kier molecular flexibility index (Phi) is 6.95. The van der Waals surface area contributed by atoms with Crippen LogP contribution in [0.5, 0.6) is 0 Å². The first kappa shape index (κ1) is 19.8. The van der Waals surface area contributed by atoms with Gasteiger partial charge in [-0.25, -0.2) is 0 Å². The smallest absolute Gasteiger partial charge is 0.0329 e. The highest BCUT2D eigenvalue weighted by molar-refractivity contribution is 4.94. The molecule has 0 heterocycles. The molecule has 3 aliphatic rings. The summed E-state index contributed by atoms with van der Waals surface area (Å²) in [6.07, 6.45) is 16.8. The summed E-state index contributed by atoms with van der Waals surface area (Å²) in [4.78, 5) is 0. The van der Waals surface area contributed by atoms with Crippen molar-refractivity contribution in [3.05, 3.63) is 0 Å². The molecule has 0 radical (unpaired) electrons. The van der Waals surface area contributed by atoms with Gasteiger partial charge in [0, 0.05) is 0 Å². The molecule has 0 heteroatoms. The second-order valence-electron chi connectivity index (χ2n) is 10.9. The first-order chi connectivity index (χ1) is 12.0. The van der Waals surface area contributed by atoms with Gasteiger partial charge in [-0.1, -0.05) is 73.1 Å². The van der Waals surface area contributed by atoms with E-state index in [0.29, 0.717) is 0 Å². The molecule has 3 aliphatic carbocycles. The fraction of sp³-hybridized carbons (Fsp3) is 1.00. The van der Waals surface area contributed by atoms with Crippen LogP contribution in [0.2, 0.25) is 0 Å². The Morgan fingerprint density at radius 1 is 0.840 bits per heavy atom.